The summed E-state index contributed by atoms with van der Waals surface area (Å²) in [4.78, 5) is 32.1. The molecule has 31 heavy (non-hydrogen) atoms. The lowest BCUT2D eigenvalue weighted by Crippen LogP contribution is -2.33. The molecule has 5 rings (SSSR count). The Kier molecular flexibility index (Phi) is 4.87. The van der Waals surface area contributed by atoms with Crippen LogP contribution in [0, 0.1) is 6.92 Å². The van der Waals surface area contributed by atoms with Gasteiger partial charge in [0.2, 0.25) is 0 Å². The van der Waals surface area contributed by atoms with Crippen LogP contribution in [0.4, 0.5) is 5.82 Å². The van der Waals surface area contributed by atoms with Gasteiger partial charge < -0.3 is 9.64 Å². The van der Waals surface area contributed by atoms with Gasteiger partial charge in [0.15, 0.2) is 11.5 Å². The minimum absolute atomic E-state index is 0.219. The molecule has 0 amide bonds. The van der Waals surface area contributed by atoms with Gasteiger partial charge >= 0.3 is 0 Å². The first-order valence-corrected chi connectivity index (χ1v) is 10.00. The molecule has 0 spiro atoms. The van der Waals surface area contributed by atoms with Crippen LogP contribution in [0.3, 0.4) is 0 Å². The molecule has 0 bridgehead atoms. The van der Waals surface area contributed by atoms with Crippen molar-refractivity contribution in [3.8, 4) is 11.1 Å². The average molecular weight is 415 g/mol. The first-order valence-electron chi connectivity index (χ1n) is 10.00. The number of anilines is 1. The van der Waals surface area contributed by atoms with E-state index in [2.05, 4.69) is 36.0 Å². The van der Waals surface area contributed by atoms with Crippen LogP contribution in [-0.4, -0.2) is 43.2 Å². The number of hydrogen-bond acceptors (Lipinski definition) is 8. The molecule has 0 saturated carbocycles. The predicted molar refractivity (Wildman–Crippen MR) is 115 cm³/mol. The first kappa shape index (κ1) is 19.3. The third-order valence-corrected chi connectivity index (χ3v) is 5.39. The summed E-state index contributed by atoms with van der Waals surface area (Å²) >= 11 is 0. The molecule has 0 unspecified atom stereocenters. The van der Waals surface area contributed by atoms with Gasteiger partial charge in [-0.05, 0) is 30.2 Å². The number of methoxy groups -OCH3 is 1. The Morgan fingerprint density at radius 2 is 1.94 bits per heavy atom. The van der Waals surface area contributed by atoms with Crippen LogP contribution in [0.25, 0.3) is 16.8 Å². The van der Waals surface area contributed by atoms with E-state index in [9.17, 15) is 4.79 Å². The van der Waals surface area contributed by atoms with E-state index in [1.807, 2.05) is 19.2 Å². The molecule has 4 aromatic heterocycles. The molecule has 0 radical (unpaired) electrons. The van der Waals surface area contributed by atoms with Gasteiger partial charge in [0.05, 0.1) is 12.3 Å². The molecule has 156 valence electrons. The summed E-state index contributed by atoms with van der Waals surface area (Å²) in [5, 5.41) is 4.64. The Morgan fingerprint density at radius 3 is 2.74 bits per heavy atom. The van der Waals surface area contributed by atoms with Gasteiger partial charge in [0.1, 0.15) is 6.33 Å². The normalized spacial score (nSPS) is 13.4. The van der Waals surface area contributed by atoms with Crippen LogP contribution in [0.15, 0.2) is 47.9 Å². The maximum absolute atomic E-state index is 12.6. The minimum Gasteiger partial charge on any atom is -0.378 e. The summed E-state index contributed by atoms with van der Waals surface area (Å²) in [7, 11) is 1.58. The SMILES string of the molecule is COCc1cc(=O)n2nc(N3CCc4ncc(-c5cncnc5)cc4C3)c(C)cc2n1. The Labute approximate surface area is 178 Å². The fraction of sp³-hybridized carbons (Fsp3) is 0.273. The van der Waals surface area contributed by atoms with Gasteiger partial charge in [-0.2, -0.15) is 4.52 Å². The van der Waals surface area contributed by atoms with Crippen molar-refractivity contribution in [3.05, 3.63) is 76.0 Å². The molecule has 9 heteroatoms. The monoisotopic (exact) mass is 415 g/mol. The summed E-state index contributed by atoms with van der Waals surface area (Å²) < 4.78 is 6.46. The van der Waals surface area contributed by atoms with E-state index in [1.54, 1.807) is 19.5 Å². The quantitative estimate of drug-likeness (QED) is 0.499. The van der Waals surface area contributed by atoms with E-state index in [0.29, 0.717) is 17.9 Å². The van der Waals surface area contributed by atoms with Crippen LogP contribution >= 0.6 is 0 Å². The summed E-state index contributed by atoms with van der Waals surface area (Å²) in [6, 6.07) is 5.49. The topological polar surface area (TPSA) is 98.4 Å². The number of nitrogens with zero attached hydrogens (tertiary/aromatic N) is 7. The highest BCUT2D eigenvalue weighted by atomic mass is 16.5. The van der Waals surface area contributed by atoms with E-state index in [0.717, 1.165) is 46.7 Å². The fourth-order valence-electron chi connectivity index (χ4n) is 3.92. The third-order valence-electron chi connectivity index (χ3n) is 5.39. The number of rotatable bonds is 4. The highest BCUT2D eigenvalue weighted by molar-refractivity contribution is 5.62. The second kappa shape index (κ2) is 7.84. The van der Waals surface area contributed by atoms with Crippen molar-refractivity contribution in [1.82, 2.24) is 29.5 Å². The standard InChI is InChI=1S/C22H21N7O2/c1-14-5-20-26-18(12-31-2)7-21(30)29(20)27-22(14)28-4-3-19-16(11-28)6-15(10-25-19)17-8-23-13-24-9-17/h5-10,13H,3-4,11-12H2,1-2H3. The minimum atomic E-state index is -0.219. The van der Waals surface area contributed by atoms with Gasteiger partial charge in [0.25, 0.3) is 5.56 Å². The zero-order chi connectivity index (χ0) is 21.4. The summed E-state index contributed by atoms with van der Waals surface area (Å²) in [6.07, 6.45) is 7.75. The lowest BCUT2D eigenvalue weighted by molar-refractivity contribution is 0.181. The van der Waals surface area contributed by atoms with Crippen molar-refractivity contribution < 1.29 is 4.74 Å². The van der Waals surface area contributed by atoms with Gasteiger partial charge in [-0.15, -0.1) is 5.10 Å². The van der Waals surface area contributed by atoms with E-state index < -0.39 is 0 Å². The first-order chi connectivity index (χ1) is 15.1. The van der Waals surface area contributed by atoms with E-state index in [-0.39, 0.29) is 12.2 Å². The Bertz CT molecular complexity index is 1320. The summed E-state index contributed by atoms with van der Waals surface area (Å²) in [5.41, 5.74) is 5.99. The number of aromatic nitrogens is 6. The van der Waals surface area contributed by atoms with Crippen molar-refractivity contribution in [2.24, 2.45) is 0 Å². The largest absolute Gasteiger partial charge is 0.378 e. The molecular formula is C22H21N7O2. The fourth-order valence-corrected chi connectivity index (χ4v) is 3.92. The summed E-state index contributed by atoms with van der Waals surface area (Å²) in [5.74, 6) is 0.773. The average Bonchev–Trinajstić information content (AvgIpc) is 2.79. The lowest BCUT2D eigenvalue weighted by Gasteiger charge is -2.30. The second-order valence-corrected chi connectivity index (χ2v) is 7.57. The number of fused-ring (bicyclic) bond motifs is 2. The molecule has 0 saturated heterocycles. The molecule has 1 aliphatic heterocycles. The number of hydrogen-bond donors (Lipinski definition) is 0. The van der Waals surface area contributed by atoms with Crippen molar-refractivity contribution in [2.75, 3.05) is 18.6 Å². The van der Waals surface area contributed by atoms with Crippen LogP contribution in [0.5, 0.6) is 0 Å². The molecular weight excluding hydrogens is 394 g/mol. The van der Waals surface area contributed by atoms with Gasteiger partial charge in [-0.1, -0.05) is 0 Å². The maximum atomic E-state index is 12.6. The van der Waals surface area contributed by atoms with E-state index in [1.165, 1.54) is 16.9 Å². The van der Waals surface area contributed by atoms with Crippen LogP contribution < -0.4 is 10.5 Å². The van der Waals surface area contributed by atoms with E-state index >= 15 is 0 Å². The van der Waals surface area contributed by atoms with Crippen molar-refractivity contribution >= 4 is 11.5 Å². The van der Waals surface area contributed by atoms with Gasteiger partial charge in [0, 0.05) is 68.1 Å². The number of aryl methyl sites for hydroxylation is 1. The highest BCUT2D eigenvalue weighted by Crippen LogP contribution is 2.27. The predicted octanol–water partition coefficient (Wildman–Crippen LogP) is 1.96. The molecule has 5 heterocycles. The molecule has 0 aliphatic carbocycles. The van der Waals surface area contributed by atoms with Crippen molar-refractivity contribution in [3.63, 3.8) is 0 Å². The molecule has 4 aromatic rings. The molecule has 0 atom stereocenters. The lowest BCUT2D eigenvalue weighted by atomic mass is 10.0. The maximum Gasteiger partial charge on any atom is 0.274 e. The second-order valence-electron chi connectivity index (χ2n) is 7.57. The highest BCUT2D eigenvalue weighted by Gasteiger charge is 2.22. The van der Waals surface area contributed by atoms with Gasteiger partial charge in [-0.3, -0.25) is 9.78 Å². The molecule has 0 aromatic carbocycles. The van der Waals surface area contributed by atoms with E-state index in [4.69, 9.17) is 4.74 Å². The number of ether oxygens (including phenoxy) is 1. The molecule has 1 aliphatic rings. The van der Waals surface area contributed by atoms with Crippen molar-refractivity contribution in [1.29, 1.82) is 0 Å². The molecule has 9 nitrogen and oxygen atoms in total. The zero-order valence-corrected chi connectivity index (χ0v) is 17.3. The molecule has 0 N–H and O–H groups in total. The Hall–Kier alpha value is -3.72. The molecule has 0 fully saturated rings. The Balaban J connectivity index is 1.51. The third kappa shape index (κ3) is 3.64. The van der Waals surface area contributed by atoms with Gasteiger partial charge in [-0.25, -0.2) is 15.0 Å². The smallest absolute Gasteiger partial charge is 0.274 e. The van der Waals surface area contributed by atoms with Crippen LogP contribution in [0.2, 0.25) is 0 Å². The number of pyridine rings is 1. The Morgan fingerprint density at radius 1 is 1.10 bits per heavy atom. The van der Waals surface area contributed by atoms with Crippen LogP contribution in [-0.2, 0) is 24.3 Å². The van der Waals surface area contributed by atoms with Crippen LogP contribution in [0.1, 0.15) is 22.5 Å². The van der Waals surface area contributed by atoms with Crippen molar-refractivity contribution in [2.45, 2.75) is 26.5 Å². The summed E-state index contributed by atoms with van der Waals surface area (Å²) in [6.45, 7) is 3.71. The zero-order valence-electron chi connectivity index (χ0n) is 17.3.